The highest BCUT2D eigenvalue weighted by Gasteiger charge is 2.34. The number of rotatable bonds is 6. The topological polar surface area (TPSA) is 110 Å². The van der Waals surface area contributed by atoms with Gasteiger partial charge in [-0.1, -0.05) is 0 Å². The van der Waals surface area contributed by atoms with Crippen molar-refractivity contribution < 1.29 is 23.8 Å². The normalized spacial score (nSPS) is 14.1. The first kappa shape index (κ1) is 17.5. The Kier molecular flexibility index (Phi) is 4.94. The number of halogens is 1. The smallest absolute Gasteiger partial charge is 0.337 e. The number of nitrogens with zero attached hydrogens (tertiary/aromatic N) is 4. The Morgan fingerprint density at radius 1 is 1.46 bits per heavy atom. The standard InChI is InChI=1S/C16H16FN5O4/c1-26-16(25)11-7-21(4-5-23)15(24)14(11)20-10-2-3-13(12(17)6-10)22-9-18-8-19-22/h2-3,6,8-9,20,23H,4-5,7H2,1H3. The van der Waals surface area contributed by atoms with Gasteiger partial charge >= 0.3 is 5.97 Å². The minimum Gasteiger partial charge on any atom is -0.466 e. The van der Waals surface area contributed by atoms with Gasteiger partial charge in [-0.25, -0.2) is 18.9 Å². The summed E-state index contributed by atoms with van der Waals surface area (Å²) in [6.45, 7) is -0.160. The van der Waals surface area contributed by atoms with E-state index in [1.54, 1.807) is 6.07 Å². The van der Waals surface area contributed by atoms with Crippen molar-refractivity contribution >= 4 is 17.6 Å². The van der Waals surface area contributed by atoms with Crippen LogP contribution < -0.4 is 5.32 Å². The van der Waals surface area contributed by atoms with E-state index in [1.165, 1.54) is 41.5 Å². The van der Waals surface area contributed by atoms with Crippen LogP contribution in [0.2, 0.25) is 0 Å². The first-order chi connectivity index (χ1) is 12.5. The van der Waals surface area contributed by atoms with Crippen LogP contribution in [-0.2, 0) is 14.3 Å². The summed E-state index contributed by atoms with van der Waals surface area (Å²) in [6, 6.07) is 4.19. The summed E-state index contributed by atoms with van der Waals surface area (Å²) in [6.07, 6.45) is 2.64. The zero-order chi connectivity index (χ0) is 18.7. The van der Waals surface area contributed by atoms with Crippen molar-refractivity contribution in [3.05, 3.63) is 47.9 Å². The average molecular weight is 361 g/mol. The maximum Gasteiger partial charge on any atom is 0.337 e. The van der Waals surface area contributed by atoms with E-state index in [0.717, 1.165) is 0 Å². The van der Waals surface area contributed by atoms with Gasteiger partial charge in [0.1, 0.15) is 24.0 Å². The summed E-state index contributed by atoms with van der Waals surface area (Å²) in [5.41, 5.74) is 0.585. The second kappa shape index (κ2) is 7.31. The number of methoxy groups -OCH3 is 1. The molecule has 1 aromatic carbocycles. The second-order valence-electron chi connectivity index (χ2n) is 5.43. The number of aliphatic hydroxyl groups excluding tert-OH is 1. The average Bonchev–Trinajstić information content (AvgIpc) is 3.26. The van der Waals surface area contributed by atoms with E-state index in [4.69, 9.17) is 9.84 Å². The van der Waals surface area contributed by atoms with Crippen molar-refractivity contribution in [3.8, 4) is 5.69 Å². The number of nitrogens with one attached hydrogen (secondary N) is 1. The fourth-order valence-corrected chi connectivity index (χ4v) is 2.60. The molecule has 3 rings (SSSR count). The molecule has 0 spiro atoms. The molecule has 1 amide bonds. The summed E-state index contributed by atoms with van der Waals surface area (Å²) in [5.74, 6) is -1.72. The number of β-amino-alcohol motifs (C(OH)–C–C–N with tert-alkyl or cyclic N) is 1. The Morgan fingerprint density at radius 2 is 2.27 bits per heavy atom. The van der Waals surface area contributed by atoms with Crippen molar-refractivity contribution in [2.24, 2.45) is 0 Å². The van der Waals surface area contributed by atoms with Crippen LogP contribution in [0.1, 0.15) is 0 Å². The number of hydrogen-bond donors (Lipinski definition) is 2. The van der Waals surface area contributed by atoms with Crippen molar-refractivity contribution in [2.75, 3.05) is 32.1 Å². The Morgan fingerprint density at radius 3 is 2.88 bits per heavy atom. The van der Waals surface area contributed by atoms with Gasteiger partial charge in [0.05, 0.1) is 25.8 Å². The number of carbonyl (C=O) groups excluding carboxylic acids is 2. The Bertz CT molecular complexity index is 866. The van der Waals surface area contributed by atoms with Gasteiger partial charge in [0.25, 0.3) is 5.91 Å². The maximum absolute atomic E-state index is 14.3. The Balaban J connectivity index is 1.89. The number of aliphatic hydroxyl groups is 1. The monoisotopic (exact) mass is 361 g/mol. The molecule has 1 aromatic heterocycles. The number of ether oxygens (including phenoxy) is 1. The molecule has 10 heteroatoms. The van der Waals surface area contributed by atoms with Gasteiger partial charge < -0.3 is 20.1 Å². The molecule has 136 valence electrons. The molecular weight excluding hydrogens is 345 g/mol. The van der Waals surface area contributed by atoms with Gasteiger partial charge in [-0.05, 0) is 18.2 Å². The summed E-state index contributed by atoms with van der Waals surface area (Å²) in [7, 11) is 1.21. The van der Waals surface area contributed by atoms with Crippen LogP contribution in [0.4, 0.5) is 10.1 Å². The predicted molar refractivity (Wildman–Crippen MR) is 87.6 cm³/mol. The number of aromatic nitrogens is 3. The zero-order valence-corrected chi connectivity index (χ0v) is 13.8. The molecule has 0 atom stereocenters. The van der Waals surface area contributed by atoms with Gasteiger partial charge in [-0.15, -0.1) is 0 Å². The fraction of sp³-hybridized carbons (Fsp3) is 0.250. The first-order valence-corrected chi connectivity index (χ1v) is 7.68. The van der Waals surface area contributed by atoms with Crippen LogP contribution in [-0.4, -0.2) is 63.5 Å². The van der Waals surface area contributed by atoms with Gasteiger partial charge in [0.2, 0.25) is 0 Å². The van der Waals surface area contributed by atoms with Crippen LogP contribution in [0.15, 0.2) is 42.1 Å². The lowest BCUT2D eigenvalue weighted by molar-refractivity contribution is -0.136. The Hall–Kier alpha value is -3.27. The lowest BCUT2D eigenvalue weighted by Gasteiger charge is -2.15. The highest BCUT2D eigenvalue weighted by atomic mass is 19.1. The maximum atomic E-state index is 14.3. The van der Waals surface area contributed by atoms with Crippen LogP contribution >= 0.6 is 0 Å². The molecule has 0 radical (unpaired) electrons. The molecule has 0 unspecified atom stereocenters. The largest absolute Gasteiger partial charge is 0.466 e. The van der Waals surface area contributed by atoms with Crippen LogP contribution in [0.5, 0.6) is 0 Å². The molecule has 2 heterocycles. The molecule has 1 aliphatic heterocycles. The summed E-state index contributed by atoms with van der Waals surface area (Å²) in [5, 5.41) is 15.7. The number of benzene rings is 1. The van der Waals surface area contributed by atoms with E-state index in [2.05, 4.69) is 15.4 Å². The highest BCUT2D eigenvalue weighted by molar-refractivity contribution is 6.08. The van der Waals surface area contributed by atoms with Gasteiger partial charge in [0, 0.05) is 12.2 Å². The van der Waals surface area contributed by atoms with Crippen LogP contribution in [0, 0.1) is 5.82 Å². The summed E-state index contributed by atoms with van der Waals surface area (Å²) < 4.78 is 20.3. The van der Waals surface area contributed by atoms with Gasteiger partial charge in [-0.2, -0.15) is 5.10 Å². The first-order valence-electron chi connectivity index (χ1n) is 7.68. The third-order valence-corrected chi connectivity index (χ3v) is 3.84. The van der Waals surface area contributed by atoms with Crippen molar-refractivity contribution in [1.29, 1.82) is 0 Å². The van der Waals surface area contributed by atoms with E-state index >= 15 is 0 Å². The summed E-state index contributed by atoms with van der Waals surface area (Å²) in [4.78, 5) is 29.4. The molecule has 26 heavy (non-hydrogen) atoms. The lowest BCUT2D eigenvalue weighted by Crippen LogP contribution is -2.31. The Labute approximate surface area is 147 Å². The van der Waals surface area contributed by atoms with E-state index in [1.807, 2.05) is 0 Å². The SMILES string of the molecule is COC(=O)C1=C(Nc2ccc(-n3cncn3)c(F)c2)C(=O)N(CCO)C1. The molecule has 0 aliphatic carbocycles. The zero-order valence-electron chi connectivity index (χ0n) is 13.8. The molecule has 9 nitrogen and oxygen atoms in total. The number of anilines is 1. The van der Waals surface area contributed by atoms with Crippen LogP contribution in [0.3, 0.4) is 0 Å². The molecule has 0 bridgehead atoms. The number of carbonyl (C=O) groups is 2. The van der Waals surface area contributed by atoms with E-state index in [-0.39, 0.29) is 42.3 Å². The van der Waals surface area contributed by atoms with Gasteiger partial charge in [-0.3, -0.25) is 4.79 Å². The van der Waals surface area contributed by atoms with Crippen molar-refractivity contribution in [1.82, 2.24) is 19.7 Å². The molecule has 0 fully saturated rings. The third kappa shape index (κ3) is 3.26. The number of hydrogen-bond acceptors (Lipinski definition) is 7. The molecule has 1 aliphatic rings. The van der Waals surface area contributed by atoms with E-state index < -0.39 is 17.7 Å². The highest BCUT2D eigenvalue weighted by Crippen LogP contribution is 2.24. The molecule has 0 saturated carbocycles. The third-order valence-electron chi connectivity index (χ3n) is 3.84. The quantitative estimate of drug-likeness (QED) is 0.701. The van der Waals surface area contributed by atoms with Crippen LogP contribution in [0.25, 0.3) is 5.69 Å². The lowest BCUT2D eigenvalue weighted by atomic mass is 10.2. The van der Waals surface area contributed by atoms with Crippen molar-refractivity contribution in [2.45, 2.75) is 0 Å². The predicted octanol–water partition coefficient (Wildman–Crippen LogP) is 0.0799. The minimum absolute atomic E-state index is 0.00166. The second-order valence-corrected chi connectivity index (χ2v) is 5.43. The van der Waals surface area contributed by atoms with E-state index in [0.29, 0.717) is 0 Å². The molecular formula is C16H16FN5O4. The number of esters is 1. The fourth-order valence-electron chi connectivity index (χ4n) is 2.60. The number of amides is 1. The molecule has 0 saturated heterocycles. The van der Waals surface area contributed by atoms with Crippen molar-refractivity contribution in [3.63, 3.8) is 0 Å². The minimum atomic E-state index is -0.666. The summed E-state index contributed by atoms with van der Waals surface area (Å²) >= 11 is 0. The van der Waals surface area contributed by atoms with Gasteiger partial charge in [0.15, 0.2) is 5.82 Å². The molecule has 2 N–H and O–H groups in total. The van der Waals surface area contributed by atoms with E-state index in [9.17, 15) is 14.0 Å². The molecule has 2 aromatic rings.